The second-order valence-electron chi connectivity index (χ2n) is 5.45. The Balaban J connectivity index is 1.48. The van der Waals surface area contributed by atoms with Gasteiger partial charge in [-0.15, -0.1) is 11.3 Å². The van der Waals surface area contributed by atoms with Gasteiger partial charge in [0.1, 0.15) is 17.5 Å². The average molecular weight is 372 g/mol. The van der Waals surface area contributed by atoms with Crippen molar-refractivity contribution in [2.75, 3.05) is 30.3 Å². The molecular formula is C17H20N6O2S. The number of nitrogens with one attached hydrogen (secondary N) is 3. The molecule has 0 saturated carbocycles. The van der Waals surface area contributed by atoms with Gasteiger partial charge in [0, 0.05) is 31.8 Å². The molecular weight excluding hydrogens is 352 g/mol. The number of nitrogens with zero attached hydrogens (tertiary/aromatic N) is 3. The molecule has 0 aromatic carbocycles. The van der Waals surface area contributed by atoms with Crippen LogP contribution in [0.1, 0.15) is 23.2 Å². The van der Waals surface area contributed by atoms with Crippen molar-refractivity contribution in [1.82, 2.24) is 20.4 Å². The lowest BCUT2D eigenvalue weighted by Crippen LogP contribution is -2.29. The molecule has 3 aromatic rings. The Labute approximate surface area is 155 Å². The van der Waals surface area contributed by atoms with Crippen LogP contribution in [0.5, 0.6) is 0 Å². The maximum atomic E-state index is 12.1. The Hall–Kier alpha value is -2.94. The van der Waals surface area contributed by atoms with Crippen molar-refractivity contribution >= 4 is 28.9 Å². The van der Waals surface area contributed by atoms with Gasteiger partial charge in [0.2, 0.25) is 0 Å². The van der Waals surface area contributed by atoms with Crippen molar-refractivity contribution in [1.29, 1.82) is 0 Å². The molecule has 1 amide bonds. The third kappa shape index (κ3) is 4.57. The zero-order chi connectivity index (χ0) is 18.4. The van der Waals surface area contributed by atoms with Crippen molar-refractivity contribution < 1.29 is 9.32 Å². The summed E-state index contributed by atoms with van der Waals surface area (Å²) in [6, 6.07) is 7.32. The van der Waals surface area contributed by atoms with Crippen LogP contribution in [-0.2, 0) is 0 Å². The first-order valence-electron chi connectivity index (χ1n) is 8.28. The molecule has 0 aliphatic rings. The molecule has 0 saturated heterocycles. The molecule has 0 spiro atoms. The summed E-state index contributed by atoms with van der Waals surface area (Å²) in [6.45, 7) is 5.59. The molecule has 0 radical (unpaired) electrons. The standard InChI is InChI=1S/C17H20N6O2S/c1-3-18-15-10-16(22-11(2)21-15)19-6-7-20-17(24)12-9-13(25-23-12)14-5-4-8-26-14/h4-5,8-10H,3,6-7H2,1-2H3,(H,20,24)(H2,18,19,21,22). The van der Waals surface area contributed by atoms with Crippen LogP contribution < -0.4 is 16.0 Å². The van der Waals surface area contributed by atoms with Gasteiger partial charge in [0.15, 0.2) is 11.5 Å². The van der Waals surface area contributed by atoms with E-state index in [1.807, 2.05) is 37.4 Å². The van der Waals surface area contributed by atoms with E-state index >= 15 is 0 Å². The number of carbonyl (C=O) groups excluding carboxylic acids is 1. The third-order valence-corrected chi connectivity index (χ3v) is 4.30. The molecule has 136 valence electrons. The molecule has 0 fully saturated rings. The third-order valence-electron chi connectivity index (χ3n) is 3.42. The number of thiophene rings is 1. The number of anilines is 2. The maximum Gasteiger partial charge on any atom is 0.273 e. The summed E-state index contributed by atoms with van der Waals surface area (Å²) >= 11 is 1.53. The quantitative estimate of drug-likeness (QED) is 0.522. The minimum atomic E-state index is -0.273. The highest BCUT2D eigenvalue weighted by Crippen LogP contribution is 2.24. The van der Waals surface area contributed by atoms with Crippen molar-refractivity contribution in [2.24, 2.45) is 0 Å². The van der Waals surface area contributed by atoms with Gasteiger partial charge < -0.3 is 20.5 Å². The largest absolute Gasteiger partial charge is 0.370 e. The SMILES string of the molecule is CCNc1cc(NCCNC(=O)c2cc(-c3cccs3)on2)nc(C)n1. The van der Waals surface area contributed by atoms with E-state index in [9.17, 15) is 4.79 Å². The lowest BCUT2D eigenvalue weighted by molar-refractivity contribution is 0.0946. The van der Waals surface area contributed by atoms with Crippen LogP contribution in [0.15, 0.2) is 34.2 Å². The zero-order valence-electron chi connectivity index (χ0n) is 14.6. The highest BCUT2D eigenvalue weighted by atomic mass is 32.1. The second kappa shape index (κ2) is 8.43. The van der Waals surface area contributed by atoms with Gasteiger partial charge in [0.25, 0.3) is 5.91 Å². The number of hydrogen-bond acceptors (Lipinski definition) is 8. The summed E-state index contributed by atoms with van der Waals surface area (Å²) in [5.74, 6) is 2.49. The van der Waals surface area contributed by atoms with Crippen LogP contribution in [0.2, 0.25) is 0 Å². The molecule has 0 aliphatic heterocycles. The number of hydrogen-bond donors (Lipinski definition) is 3. The Bertz CT molecular complexity index is 862. The van der Waals surface area contributed by atoms with Crippen molar-refractivity contribution in [2.45, 2.75) is 13.8 Å². The number of carbonyl (C=O) groups is 1. The fraction of sp³-hybridized carbons (Fsp3) is 0.294. The molecule has 3 N–H and O–H groups in total. The smallest absolute Gasteiger partial charge is 0.273 e. The van der Waals surface area contributed by atoms with E-state index in [1.54, 1.807) is 6.07 Å². The van der Waals surface area contributed by atoms with E-state index in [-0.39, 0.29) is 11.6 Å². The van der Waals surface area contributed by atoms with Crippen LogP contribution in [0.25, 0.3) is 10.6 Å². The highest BCUT2D eigenvalue weighted by molar-refractivity contribution is 7.13. The minimum absolute atomic E-state index is 0.265. The van der Waals surface area contributed by atoms with E-state index in [0.717, 1.165) is 17.2 Å². The fourth-order valence-electron chi connectivity index (χ4n) is 2.30. The van der Waals surface area contributed by atoms with Crippen molar-refractivity contribution in [3.05, 3.63) is 41.2 Å². The van der Waals surface area contributed by atoms with Gasteiger partial charge in [0.05, 0.1) is 4.88 Å². The average Bonchev–Trinajstić information content (AvgIpc) is 3.29. The van der Waals surface area contributed by atoms with E-state index < -0.39 is 0 Å². The topological polar surface area (TPSA) is 105 Å². The molecule has 9 heteroatoms. The molecule has 26 heavy (non-hydrogen) atoms. The molecule has 0 aliphatic carbocycles. The lowest BCUT2D eigenvalue weighted by atomic mass is 10.3. The number of amides is 1. The molecule has 3 aromatic heterocycles. The van der Waals surface area contributed by atoms with Crippen molar-refractivity contribution in [3.63, 3.8) is 0 Å². The molecule has 8 nitrogen and oxygen atoms in total. The van der Waals surface area contributed by atoms with Gasteiger partial charge in [-0.05, 0) is 25.3 Å². The summed E-state index contributed by atoms with van der Waals surface area (Å²) in [5.41, 5.74) is 0.265. The number of rotatable bonds is 8. The van der Waals surface area contributed by atoms with Gasteiger partial charge >= 0.3 is 0 Å². The Morgan fingerprint density at radius 1 is 1.19 bits per heavy atom. The summed E-state index contributed by atoms with van der Waals surface area (Å²) in [6.07, 6.45) is 0. The monoisotopic (exact) mass is 372 g/mol. The maximum absolute atomic E-state index is 12.1. The van der Waals surface area contributed by atoms with E-state index in [4.69, 9.17) is 4.52 Å². The molecule has 3 rings (SSSR count). The Morgan fingerprint density at radius 3 is 2.73 bits per heavy atom. The summed E-state index contributed by atoms with van der Waals surface area (Å²) in [5, 5.41) is 14.9. The van der Waals surface area contributed by atoms with E-state index in [1.165, 1.54) is 11.3 Å². The minimum Gasteiger partial charge on any atom is -0.370 e. The Morgan fingerprint density at radius 2 is 2.00 bits per heavy atom. The van der Waals surface area contributed by atoms with Crippen molar-refractivity contribution in [3.8, 4) is 10.6 Å². The number of aromatic nitrogens is 3. The summed E-state index contributed by atoms with van der Waals surface area (Å²) in [7, 11) is 0. The van der Waals surface area contributed by atoms with E-state index in [0.29, 0.717) is 30.5 Å². The van der Waals surface area contributed by atoms with Gasteiger partial charge in [-0.25, -0.2) is 9.97 Å². The number of aryl methyl sites for hydroxylation is 1. The first-order valence-corrected chi connectivity index (χ1v) is 9.16. The lowest BCUT2D eigenvalue weighted by Gasteiger charge is -2.09. The Kier molecular flexibility index (Phi) is 5.80. The predicted molar refractivity (Wildman–Crippen MR) is 102 cm³/mol. The van der Waals surface area contributed by atoms with E-state index in [2.05, 4.69) is 31.1 Å². The normalized spacial score (nSPS) is 10.5. The summed E-state index contributed by atoms with van der Waals surface area (Å²) < 4.78 is 5.22. The highest BCUT2D eigenvalue weighted by Gasteiger charge is 2.13. The van der Waals surface area contributed by atoms with Gasteiger partial charge in [-0.1, -0.05) is 11.2 Å². The molecule has 3 heterocycles. The first-order chi connectivity index (χ1) is 12.7. The van der Waals surface area contributed by atoms with Crippen LogP contribution in [0.4, 0.5) is 11.6 Å². The van der Waals surface area contributed by atoms with Crippen LogP contribution in [0, 0.1) is 6.92 Å². The predicted octanol–water partition coefficient (Wildman–Crippen LogP) is 2.78. The first kappa shape index (κ1) is 17.9. The van der Waals surface area contributed by atoms with Gasteiger partial charge in [-0.2, -0.15) is 0 Å². The molecule has 0 unspecified atom stereocenters. The molecule has 0 bridgehead atoms. The second-order valence-corrected chi connectivity index (χ2v) is 6.40. The van der Waals surface area contributed by atoms with Crippen LogP contribution in [-0.4, -0.2) is 40.7 Å². The van der Waals surface area contributed by atoms with Gasteiger partial charge in [-0.3, -0.25) is 4.79 Å². The summed E-state index contributed by atoms with van der Waals surface area (Å²) in [4.78, 5) is 21.7. The zero-order valence-corrected chi connectivity index (χ0v) is 15.4. The van der Waals surface area contributed by atoms with Crippen LogP contribution >= 0.6 is 11.3 Å². The van der Waals surface area contributed by atoms with Crippen LogP contribution in [0.3, 0.4) is 0 Å². The fourth-order valence-corrected chi connectivity index (χ4v) is 2.98. The molecule has 0 atom stereocenters.